The molecule has 0 aliphatic carbocycles. The summed E-state index contributed by atoms with van der Waals surface area (Å²) in [7, 11) is 1.92. The average molecular weight is 249 g/mol. The topological polar surface area (TPSA) is 37.8 Å². The van der Waals surface area contributed by atoms with Crippen molar-refractivity contribution in [2.24, 2.45) is 5.92 Å². The number of nitrogens with zero attached hydrogens (tertiary/aromatic N) is 2. The monoisotopic (exact) mass is 249 g/mol. The number of fused-ring (bicyclic) bond motifs is 1. The summed E-state index contributed by atoms with van der Waals surface area (Å²) in [6, 6.07) is 2.20. The van der Waals surface area contributed by atoms with Crippen molar-refractivity contribution in [3.63, 3.8) is 0 Å². The number of hydrogen-bond acceptors (Lipinski definition) is 4. The molecule has 0 saturated heterocycles. The fraction of sp³-hybridized carbons (Fsp3) is 0.538. The maximum absolute atomic E-state index is 4.66. The summed E-state index contributed by atoms with van der Waals surface area (Å²) in [5, 5.41) is 4.33. The van der Waals surface area contributed by atoms with Crippen molar-refractivity contribution in [2.75, 3.05) is 12.4 Å². The quantitative estimate of drug-likeness (QED) is 0.901. The lowest BCUT2D eigenvalue weighted by Gasteiger charge is -2.06. The van der Waals surface area contributed by atoms with Crippen molar-refractivity contribution in [2.45, 2.75) is 33.6 Å². The van der Waals surface area contributed by atoms with E-state index in [0.29, 0.717) is 5.92 Å². The van der Waals surface area contributed by atoms with E-state index in [-0.39, 0.29) is 0 Å². The van der Waals surface area contributed by atoms with Crippen LogP contribution in [0.1, 0.15) is 31.5 Å². The van der Waals surface area contributed by atoms with E-state index in [2.05, 4.69) is 42.1 Å². The Bertz CT molecular complexity index is 517. The molecule has 0 aliphatic heterocycles. The van der Waals surface area contributed by atoms with E-state index in [4.69, 9.17) is 0 Å². The van der Waals surface area contributed by atoms with Crippen LogP contribution >= 0.6 is 11.3 Å². The molecule has 4 heteroatoms. The SMILES string of the molecule is CCc1cc2c(NC)nc(CC(C)C)nc2s1. The number of rotatable bonds is 4. The van der Waals surface area contributed by atoms with Gasteiger partial charge in [0, 0.05) is 18.3 Å². The molecule has 2 rings (SSSR count). The molecule has 0 radical (unpaired) electrons. The Balaban J connectivity index is 2.52. The maximum atomic E-state index is 4.66. The molecule has 0 atom stereocenters. The number of anilines is 1. The van der Waals surface area contributed by atoms with Crippen LogP contribution in [0.5, 0.6) is 0 Å². The molecule has 2 aromatic rings. The molecule has 1 N–H and O–H groups in total. The highest BCUT2D eigenvalue weighted by Crippen LogP contribution is 2.29. The second kappa shape index (κ2) is 5.00. The molecule has 0 aliphatic rings. The van der Waals surface area contributed by atoms with Crippen molar-refractivity contribution >= 4 is 27.4 Å². The van der Waals surface area contributed by atoms with Crippen LogP contribution < -0.4 is 5.32 Å². The Morgan fingerprint density at radius 2 is 2.12 bits per heavy atom. The van der Waals surface area contributed by atoms with Gasteiger partial charge < -0.3 is 5.32 Å². The van der Waals surface area contributed by atoms with Gasteiger partial charge in [0.05, 0.1) is 5.39 Å². The van der Waals surface area contributed by atoms with Crippen LogP contribution in [0, 0.1) is 5.92 Å². The molecular formula is C13H19N3S. The zero-order valence-corrected chi connectivity index (χ0v) is 11.7. The van der Waals surface area contributed by atoms with Gasteiger partial charge in [-0.05, 0) is 18.4 Å². The van der Waals surface area contributed by atoms with Crippen molar-refractivity contribution in [1.29, 1.82) is 0 Å². The van der Waals surface area contributed by atoms with Crippen LogP contribution in [-0.4, -0.2) is 17.0 Å². The Hall–Kier alpha value is -1.16. The highest BCUT2D eigenvalue weighted by atomic mass is 32.1. The normalized spacial score (nSPS) is 11.4. The molecule has 0 bridgehead atoms. The lowest BCUT2D eigenvalue weighted by Crippen LogP contribution is -2.03. The van der Waals surface area contributed by atoms with E-state index < -0.39 is 0 Å². The van der Waals surface area contributed by atoms with Gasteiger partial charge in [-0.3, -0.25) is 0 Å². The van der Waals surface area contributed by atoms with Gasteiger partial charge in [-0.15, -0.1) is 11.3 Å². The van der Waals surface area contributed by atoms with Crippen molar-refractivity contribution in [3.8, 4) is 0 Å². The first-order chi connectivity index (χ1) is 8.13. The van der Waals surface area contributed by atoms with Gasteiger partial charge in [-0.1, -0.05) is 20.8 Å². The second-order valence-corrected chi connectivity index (χ2v) is 5.74. The zero-order chi connectivity index (χ0) is 12.4. The molecular weight excluding hydrogens is 230 g/mol. The van der Waals surface area contributed by atoms with E-state index >= 15 is 0 Å². The van der Waals surface area contributed by atoms with Crippen molar-refractivity contribution in [3.05, 3.63) is 16.8 Å². The molecule has 2 heterocycles. The standard InChI is InChI=1S/C13H19N3S/c1-5-9-7-10-12(14-4)15-11(6-8(2)3)16-13(10)17-9/h7-8H,5-6H2,1-4H3,(H,14,15,16). The molecule has 0 saturated carbocycles. The summed E-state index contributed by atoms with van der Waals surface area (Å²) in [6.07, 6.45) is 1.99. The van der Waals surface area contributed by atoms with Gasteiger partial charge in [0.15, 0.2) is 0 Å². The Morgan fingerprint density at radius 3 is 2.71 bits per heavy atom. The number of nitrogens with one attached hydrogen (secondary N) is 1. The van der Waals surface area contributed by atoms with E-state index in [1.165, 1.54) is 4.88 Å². The molecule has 0 fully saturated rings. The van der Waals surface area contributed by atoms with E-state index in [1.54, 1.807) is 11.3 Å². The lowest BCUT2D eigenvalue weighted by atomic mass is 10.1. The molecule has 3 nitrogen and oxygen atoms in total. The molecule has 17 heavy (non-hydrogen) atoms. The molecule has 0 aromatic carbocycles. The lowest BCUT2D eigenvalue weighted by molar-refractivity contribution is 0.623. The minimum Gasteiger partial charge on any atom is -0.372 e. The minimum absolute atomic E-state index is 0.586. The smallest absolute Gasteiger partial charge is 0.138 e. The second-order valence-electron chi connectivity index (χ2n) is 4.62. The summed E-state index contributed by atoms with van der Waals surface area (Å²) in [5.74, 6) is 2.49. The Morgan fingerprint density at radius 1 is 1.35 bits per heavy atom. The van der Waals surface area contributed by atoms with Gasteiger partial charge in [-0.25, -0.2) is 9.97 Å². The third-order valence-corrected chi connectivity index (χ3v) is 3.84. The van der Waals surface area contributed by atoms with Gasteiger partial charge >= 0.3 is 0 Å². The molecule has 0 amide bonds. The van der Waals surface area contributed by atoms with Crippen LogP contribution in [0.15, 0.2) is 6.07 Å². The molecule has 2 aromatic heterocycles. The van der Waals surface area contributed by atoms with Crippen LogP contribution in [0.4, 0.5) is 5.82 Å². The third-order valence-electron chi connectivity index (χ3n) is 2.67. The average Bonchev–Trinajstić information content (AvgIpc) is 2.69. The van der Waals surface area contributed by atoms with Gasteiger partial charge in [0.1, 0.15) is 16.5 Å². The maximum Gasteiger partial charge on any atom is 0.138 e. The van der Waals surface area contributed by atoms with Crippen LogP contribution in [0.25, 0.3) is 10.2 Å². The summed E-state index contributed by atoms with van der Waals surface area (Å²) in [6.45, 7) is 6.56. The number of aromatic nitrogens is 2. The number of hydrogen-bond donors (Lipinski definition) is 1. The minimum atomic E-state index is 0.586. The number of aryl methyl sites for hydroxylation is 1. The Labute approximate surface area is 106 Å². The van der Waals surface area contributed by atoms with Crippen LogP contribution in [0.3, 0.4) is 0 Å². The van der Waals surface area contributed by atoms with E-state index in [0.717, 1.165) is 34.7 Å². The highest BCUT2D eigenvalue weighted by molar-refractivity contribution is 7.18. The fourth-order valence-corrected chi connectivity index (χ4v) is 2.82. The molecule has 0 spiro atoms. The van der Waals surface area contributed by atoms with Crippen molar-refractivity contribution in [1.82, 2.24) is 9.97 Å². The van der Waals surface area contributed by atoms with Gasteiger partial charge in [0.2, 0.25) is 0 Å². The fourth-order valence-electron chi connectivity index (χ4n) is 1.84. The summed E-state index contributed by atoms with van der Waals surface area (Å²) < 4.78 is 0. The van der Waals surface area contributed by atoms with Gasteiger partial charge in [0.25, 0.3) is 0 Å². The first-order valence-corrected chi connectivity index (χ1v) is 6.92. The largest absolute Gasteiger partial charge is 0.372 e. The molecule has 92 valence electrons. The number of thiophene rings is 1. The third kappa shape index (κ3) is 2.57. The Kier molecular flexibility index (Phi) is 3.62. The van der Waals surface area contributed by atoms with E-state index in [9.17, 15) is 0 Å². The summed E-state index contributed by atoms with van der Waals surface area (Å²) >= 11 is 1.78. The van der Waals surface area contributed by atoms with E-state index in [1.807, 2.05) is 7.05 Å². The van der Waals surface area contributed by atoms with Crippen LogP contribution in [0.2, 0.25) is 0 Å². The summed E-state index contributed by atoms with van der Waals surface area (Å²) in [4.78, 5) is 11.7. The summed E-state index contributed by atoms with van der Waals surface area (Å²) in [5.41, 5.74) is 0. The van der Waals surface area contributed by atoms with Crippen LogP contribution in [-0.2, 0) is 12.8 Å². The first kappa shape index (κ1) is 12.3. The molecule has 0 unspecified atom stereocenters. The zero-order valence-electron chi connectivity index (χ0n) is 10.9. The predicted octanol–water partition coefficient (Wildman–Crippen LogP) is 3.49. The van der Waals surface area contributed by atoms with Crippen molar-refractivity contribution < 1.29 is 0 Å². The predicted molar refractivity (Wildman–Crippen MR) is 74.9 cm³/mol. The van der Waals surface area contributed by atoms with Gasteiger partial charge in [-0.2, -0.15) is 0 Å². The highest BCUT2D eigenvalue weighted by Gasteiger charge is 2.11. The first-order valence-electron chi connectivity index (χ1n) is 6.11.